The Kier molecular flexibility index (Phi) is 12.5. The number of nitrogens with zero attached hydrogens (tertiary/aromatic N) is 1. The molecule has 0 aliphatic carbocycles. The molecule has 0 saturated carbocycles. The minimum atomic E-state index is -0.633. The monoisotopic (exact) mass is 318 g/mol. The van der Waals surface area contributed by atoms with Gasteiger partial charge in [-0.2, -0.15) is 0 Å². The van der Waals surface area contributed by atoms with Crippen LogP contribution in [-0.2, 0) is 9.53 Å². The molecule has 5 nitrogen and oxygen atoms in total. The van der Waals surface area contributed by atoms with Gasteiger partial charge in [0.1, 0.15) is 12.6 Å². The summed E-state index contributed by atoms with van der Waals surface area (Å²) in [6.07, 6.45) is 8.24. The predicted octanol–water partition coefficient (Wildman–Crippen LogP) is 2.10. The lowest BCUT2D eigenvalue weighted by molar-refractivity contribution is -0.873. The highest BCUT2D eigenvalue weighted by Crippen LogP contribution is 2.09. The first kappa shape index (κ1) is 21.4. The molecule has 0 rings (SSSR count). The summed E-state index contributed by atoms with van der Waals surface area (Å²) < 4.78 is 5.78. The zero-order valence-electron chi connectivity index (χ0n) is 14.7. The lowest BCUT2D eigenvalue weighted by atomic mass is 10.1. The van der Waals surface area contributed by atoms with Gasteiger partial charge in [-0.15, -0.1) is 0 Å². The van der Waals surface area contributed by atoms with E-state index in [1.807, 2.05) is 21.1 Å². The molecule has 0 aromatic rings. The summed E-state index contributed by atoms with van der Waals surface area (Å²) in [5.74, 6) is -0.301. The third kappa shape index (κ3) is 15.7. The van der Waals surface area contributed by atoms with E-state index in [9.17, 15) is 9.90 Å². The van der Waals surface area contributed by atoms with E-state index in [-0.39, 0.29) is 12.4 Å². The highest BCUT2D eigenvalue weighted by molar-refractivity contribution is 5.69. The Labute approximate surface area is 135 Å². The van der Waals surface area contributed by atoms with Crippen molar-refractivity contribution in [2.24, 2.45) is 0 Å². The van der Waals surface area contributed by atoms with Crippen LogP contribution >= 0.6 is 0 Å². The van der Waals surface area contributed by atoms with Crippen molar-refractivity contribution in [1.29, 1.82) is 0 Å². The smallest absolute Gasteiger partial charge is 0.308 e. The third-order valence-corrected chi connectivity index (χ3v) is 3.48. The van der Waals surface area contributed by atoms with Crippen molar-refractivity contribution in [3.63, 3.8) is 0 Å². The Morgan fingerprint density at radius 1 is 0.955 bits per heavy atom. The average Bonchev–Trinajstić information content (AvgIpc) is 2.38. The van der Waals surface area contributed by atoms with Crippen LogP contribution in [0.25, 0.3) is 0 Å². The summed E-state index contributed by atoms with van der Waals surface area (Å²) in [7, 11) is 5.95. The highest BCUT2D eigenvalue weighted by atomic mass is 16.5. The molecule has 0 heterocycles. The molecule has 5 heteroatoms. The second kappa shape index (κ2) is 12.9. The molecule has 0 aromatic heterocycles. The van der Waals surface area contributed by atoms with Gasteiger partial charge in [-0.25, -0.2) is 0 Å². The standard InChI is InChI=1S/C17H36NO4/c1-18(2,3)15-16(20)14-17(21)22-13-11-9-7-5-4-6-8-10-12-19/h16,19-20H,4-15H2,1-3H3/q+1. The lowest BCUT2D eigenvalue weighted by Gasteiger charge is -2.26. The number of likely N-dealkylation sites (N-methyl/N-ethyl adjacent to an activating group) is 1. The minimum absolute atomic E-state index is 0.0837. The molecular formula is C17H36NO4+. The molecule has 1 unspecified atom stereocenters. The van der Waals surface area contributed by atoms with Crippen LogP contribution in [0.5, 0.6) is 0 Å². The number of unbranched alkanes of at least 4 members (excludes halogenated alkanes) is 7. The summed E-state index contributed by atoms with van der Waals surface area (Å²) in [5, 5.41) is 18.4. The second-order valence-corrected chi connectivity index (χ2v) is 7.10. The molecule has 0 amide bonds. The first-order chi connectivity index (χ1) is 10.3. The molecule has 0 aliphatic rings. The lowest BCUT2D eigenvalue weighted by Crippen LogP contribution is -2.42. The van der Waals surface area contributed by atoms with Crippen LogP contribution in [0.1, 0.15) is 57.8 Å². The summed E-state index contributed by atoms with van der Waals surface area (Å²) in [6.45, 7) is 1.31. The number of hydrogen-bond acceptors (Lipinski definition) is 4. The predicted molar refractivity (Wildman–Crippen MR) is 88.5 cm³/mol. The Hall–Kier alpha value is -0.650. The summed E-state index contributed by atoms with van der Waals surface area (Å²) in [4.78, 5) is 11.6. The van der Waals surface area contributed by atoms with E-state index < -0.39 is 6.10 Å². The Bertz CT molecular complexity index is 276. The number of ether oxygens (including phenoxy) is 1. The van der Waals surface area contributed by atoms with E-state index >= 15 is 0 Å². The molecule has 0 bridgehead atoms. The summed E-state index contributed by atoms with van der Waals surface area (Å²) >= 11 is 0. The Balaban J connectivity index is 3.38. The molecule has 2 N–H and O–H groups in total. The Morgan fingerprint density at radius 3 is 1.95 bits per heavy atom. The van der Waals surface area contributed by atoms with Gasteiger partial charge in [0, 0.05) is 6.61 Å². The van der Waals surface area contributed by atoms with E-state index in [1.54, 1.807) is 0 Å². The zero-order valence-corrected chi connectivity index (χ0v) is 14.7. The maximum atomic E-state index is 11.6. The molecular weight excluding hydrogens is 282 g/mol. The number of carbonyl (C=O) groups is 1. The van der Waals surface area contributed by atoms with Gasteiger partial charge in [-0.3, -0.25) is 4.79 Å². The van der Waals surface area contributed by atoms with E-state index in [4.69, 9.17) is 9.84 Å². The fourth-order valence-corrected chi connectivity index (χ4v) is 2.41. The van der Waals surface area contributed by atoms with Gasteiger partial charge in [-0.05, 0) is 12.8 Å². The second-order valence-electron chi connectivity index (χ2n) is 7.10. The van der Waals surface area contributed by atoms with Crippen molar-refractivity contribution >= 4 is 5.97 Å². The minimum Gasteiger partial charge on any atom is -0.466 e. The molecule has 0 aliphatic heterocycles. The SMILES string of the molecule is C[N+](C)(C)CC(O)CC(=O)OCCCCCCCCCCO. The Morgan fingerprint density at radius 2 is 1.45 bits per heavy atom. The maximum absolute atomic E-state index is 11.6. The normalized spacial score (nSPS) is 13.1. The topological polar surface area (TPSA) is 66.8 Å². The van der Waals surface area contributed by atoms with Crippen molar-refractivity contribution in [3.8, 4) is 0 Å². The van der Waals surface area contributed by atoms with Crippen LogP contribution in [0.4, 0.5) is 0 Å². The maximum Gasteiger partial charge on any atom is 0.308 e. The fraction of sp³-hybridized carbons (Fsp3) is 0.941. The molecule has 22 heavy (non-hydrogen) atoms. The van der Waals surface area contributed by atoms with Crippen LogP contribution < -0.4 is 0 Å². The van der Waals surface area contributed by atoms with Gasteiger partial charge in [0.15, 0.2) is 0 Å². The number of rotatable bonds is 14. The number of aliphatic hydroxyl groups excluding tert-OH is 2. The number of quaternary nitrogens is 1. The molecule has 0 saturated heterocycles. The number of carbonyl (C=O) groups excluding carboxylic acids is 1. The van der Waals surface area contributed by atoms with E-state index in [2.05, 4.69) is 0 Å². The highest BCUT2D eigenvalue weighted by Gasteiger charge is 2.19. The molecule has 0 spiro atoms. The molecule has 1 atom stereocenters. The van der Waals surface area contributed by atoms with E-state index in [1.165, 1.54) is 25.7 Å². The summed E-state index contributed by atoms with van der Waals surface area (Å²) in [5.41, 5.74) is 0. The van der Waals surface area contributed by atoms with Crippen molar-refractivity contribution in [2.45, 2.75) is 63.9 Å². The molecule has 0 radical (unpaired) electrons. The van der Waals surface area contributed by atoms with Crippen molar-refractivity contribution in [3.05, 3.63) is 0 Å². The molecule has 132 valence electrons. The fourth-order valence-electron chi connectivity index (χ4n) is 2.41. The number of hydrogen-bond donors (Lipinski definition) is 2. The van der Waals surface area contributed by atoms with Crippen LogP contribution in [0.2, 0.25) is 0 Å². The van der Waals surface area contributed by atoms with Crippen molar-refractivity contribution in [1.82, 2.24) is 0 Å². The number of aliphatic hydroxyl groups is 2. The number of esters is 1. The van der Waals surface area contributed by atoms with Crippen molar-refractivity contribution in [2.75, 3.05) is 40.9 Å². The van der Waals surface area contributed by atoms with Gasteiger partial charge in [0.25, 0.3) is 0 Å². The molecule has 0 aromatic carbocycles. The zero-order chi connectivity index (χ0) is 16.8. The van der Waals surface area contributed by atoms with Crippen molar-refractivity contribution < 1.29 is 24.2 Å². The first-order valence-electron chi connectivity index (χ1n) is 8.60. The van der Waals surface area contributed by atoms with Gasteiger partial charge < -0.3 is 19.4 Å². The quantitative estimate of drug-likeness (QED) is 0.292. The third-order valence-electron chi connectivity index (χ3n) is 3.48. The van der Waals surface area contributed by atoms with Gasteiger partial charge in [0.05, 0.1) is 34.2 Å². The summed E-state index contributed by atoms with van der Waals surface area (Å²) in [6, 6.07) is 0. The largest absolute Gasteiger partial charge is 0.466 e. The van der Waals surface area contributed by atoms with Gasteiger partial charge >= 0.3 is 5.97 Å². The van der Waals surface area contributed by atoms with Gasteiger partial charge in [-0.1, -0.05) is 38.5 Å². The van der Waals surface area contributed by atoms with Crippen LogP contribution in [0.15, 0.2) is 0 Å². The molecule has 0 fully saturated rings. The van der Waals surface area contributed by atoms with Crippen LogP contribution in [-0.4, -0.2) is 67.7 Å². The van der Waals surface area contributed by atoms with Crippen LogP contribution in [0, 0.1) is 0 Å². The van der Waals surface area contributed by atoms with E-state index in [0.29, 0.717) is 24.2 Å². The average molecular weight is 318 g/mol. The first-order valence-corrected chi connectivity index (χ1v) is 8.60. The van der Waals surface area contributed by atoms with Crippen LogP contribution in [0.3, 0.4) is 0 Å². The van der Waals surface area contributed by atoms with Gasteiger partial charge in [0.2, 0.25) is 0 Å². The van der Waals surface area contributed by atoms with E-state index in [0.717, 1.165) is 25.7 Å².